The average molecular weight is 281 g/mol. The highest BCUT2D eigenvalue weighted by Gasteiger charge is 2.17. The zero-order valence-corrected chi connectivity index (χ0v) is 12.2. The smallest absolute Gasteiger partial charge is 0.225 e. The van der Waals surface area contributed by atoms with E-state index in [0.717, 1.165) is 25.1 Å². The number of carbonyl (C=O) groups is 1. The molecule has 4 nitrogen and oxygen atoms in total. The van der Waals surface area contributed by atoms with Crippen molar-refractivity contribution in [3.05, 3.63) is 48.2 Å². The van der Waals surface area contributed by atoms with Gasteiger partial charge in [0.2, 0.25) is 5.91 Å². The number of hydrogen-bond donors (Lipinski definition) is 1. The van der Waals surface area contributed by atoms with Crippen molar-refractivity contribution in [2.24, 2.45) is 0 Å². The van der Waals surface area contributed by atoms with E-state index in [1.807, 2.05) is 25.3 Å². The minimum atomic E-state index is -0.0152. The summed E-state index contributed by atoms with van der Waals surface area (Å²) >= 11 is 0. The van der Waals surface area contributed by atoms with Crippen LogP contribution in [-0.2, 0) is 11.2 Å². The van der Waals surface area contributed by atoms with Gasteiger partial charge in [0, 0.05) is 18.7 Å². The van der Waals surface area contributed by atoms with E-state index in [4.69, 9.17) is 0 Å². The molecule has 1 aromatic carbocycles. The van der Waals surface area contributed by atoms with E-state index < -0.39 is 0 Å². The number of rotatable bonds is 3. The fraction of sp³-hybridized carbons (Fsp3) is 0.294. The third kappa shape index (κ3) is 2.89. The van der Waals surface area contributed by atoms with E-state index in [9.17, 15) is 4.79 Å². The van der Waals surface area contributed by atoms with Gasteiger partial charge in [0.05, 0.1) is 11.9 Å². The maximum absolute atomic E-state index is 11.4. The van der Waals surface area contributed by atoms with Crippen LogP contribution in [0, 0.1) is 0 Å². The number of nitrogens with zero attached hydrogens (tertiary/aromatic N) is 2. The quantitative estimate of drug-likeness (QED) is 0.936. The van der Waals surface area contributed by atoms with Crippen LogP contribution in [0.3, 0.4) is 0 Å². The van der Waals surface area contributed by atoms with E-state index in [1.165, 1.54) is 11.3 Å². The van der Waals surface area contributed by atoms with Crippen molar-refractivity contribution in [1.29, 1.82) is 0 Å². The molecular formula is C17H19N3O. The fourth-order valence-electron chi connectivity index (χ4n) is 2.65. The predicted octanol–water partition coefficient (Wildman–Crippen LogP) is 3.51. The van der Waals surface area contributed by atoms with Crippen LogP contribution in [-0.4, -0.2) is 17.4 Å². The monoisotopic (exact) mass is 281 g/mol. The van der Waals surface area contributed by atoms with Gasteiger partial charge in [-0.05, 0) is 36.6 Å². The van der Waals surface area contributed by atoms with Crippen LogP contribution in [0.2, 0.25) is 0 Å². The molecule has 2 heterocycles. The lowest BCUT2D eigenvalue weighted by Crippen LogP contribution is -2.24. The van der Waals surface area contributed by atoms with Gasteiger partial charge in [-0.2, -0.15) is 0 Å². The Morgan fingerprint density at radius 2 is 2.14 bits per heavy atom. The molecule has 1 aromatic heterocycles. The van der Waals surface area contributed by atoms with E-state index in [1.54, 1.807) is 0 Å². The molecule has 0 saturated carbocycles. The van der Waals surface area contributed by atoms with Gasteiger partial charge < -0.3 is 10.2 Å². The molecule has 108 valence electrons. The number of anilines is 3. The second-order valence-corrected chi connectivity index (χ2v) is 5.19. The van der Waals surface area contributed by atoms with Crippen molar-refractivity contribution in [3.63, 3.8) is 0 Å². The molecule has 1 N–H and O–H groups in total. The van der Waals surface area contributed by atoms with Crippen molar-refractivity contribution in [1.82, 2.24) is 4.98 Å². The second-order valence-electron chi connectivity index (χ2n) is 5.19. The Kier molecular flexibility index (Phi) is 3.86. The van der Waals surface area contributed by atoms with Gasteiger partial charge >= 0.3 is 0 Å². The van der Waals surface area contributed by atoms with Crippen molar-refractivity contribution >= 4 is 23.1 Å². The molecule has 0 saturated heterocycles. The van der Waals surface area contributed by atoms with E-state index >= 15 is 0 Å². The average Bonchev–Trinajstić information content (AvgIpc) is 2.55. The molecule has 0 unspecified atom stereocenters. The van der Waals surface area contributed by atoms with Gasteiger partial charge in [-0.1, -0.05) is 25.1 Å². The van der Waals surface area contributed by atoms with Crippen molar-refractivity contribution in [3.8, 4) is 0 Å². The summed E-state index contributed by atoms with van der Waals surface area (Å²) in [4.78, 5) is 18.0. The molecule has 0 fully saturated rings. The van der Waals surface area contributed by atoms with Crippen LogP contribution < -0.4 is 10.2 Å². The highest BCUT2D eigenvalue weighted by atomic mass is 16.1. The van der Waals surface area contributed by atoms with Crippen LogP contribution in [0.5, 0.6) is 0 Å². The topological polar surface area (TPSA) is 45.2 Å². The second kappa shape index (κ2) is 5.95. The molecular weight excluding hydrogens is 262 g/mol. The van der Waals surface area contributed by atoms with Gasteiger partial charge in [0.25, 0.3) is 0 Å². The molecule has 0 aliphatic carbocycles. The zero-order chi connectivity index (χ0) is 14.7. The molecule has 4 heteroatoms. The summed E-state index contributed by atoms with van der Waals surface area (Å²) in [6.07, 6.45) is 4.56. The lowest BCUT2D eigenvalue weighted by Gasteiger charge is -2.31. The summed E-state index contributed by atoms with van der Waals surface area (Å²) in [6, 6.07) is 12.4. The third-order valence-electron chi connectivity index (χ3n) is 3.76. The number of aryl methyl sites for hydroxylation is 1. The summed E-state index contributed by atoms with van der Waals surface area (Å²) in [6.45, 7) is 2.83. The lowest BCUT2D eigenvalue weighted by molar-refractivity contribution is -0.115. The zero-order valence-electron chi connectivity index (χ0n) is 12.2. The Bertz CT molecular complexity index is 637. The number of nitrogens with one attached hydrogen (secondary N) is 1. The fourth-order valence-corrected chi connectivity index (χ4v) is 2.65. The van der Waals surface area contributed by atoms with E-state index in [2.05, 4.69) is 39.5 Å². The molecule has 0 spiro atoms. The molecule has 3 rings (SSSR count). The number of benzene rings is 1. The first-order chi connectivity index (χ1) is 10.3. The SMILES string of the molecule is CCC(=O)Nc1ccc(N2CCCc3ccccc32)cn1. The predicted molar refractivity (Wildman–Crippen MR) is 84.9 cm³/mol. The Hall–Kier alpha value is -2.36. The normalized spacial score (nSPS) is 13.7. The highest BCUT2D eigenvalue weighted by Crippen LogP contribution is 2.33. The molecule has 1 amide bonds. The lowest BCUT2D eigenvalue weighted by atomic mass is 10.0. The van der Waals surface area contributed by atoms with Crippen LogP contribution in [0.1, 0.15) is 25.3 Å². The van der Waals surface area contributed by atoms with Gasteiger partial charge in [0.15, 0.2) is 0 Å². The van der Waals surface area contributed by atoms with Gasteiger partial charge in [-0.3, -0.25) is 4.79 Å². The largest absolute Gasteiger partial charge is 0.340 e. The maximum atomic E-state index is 11.4. The number of carbonyl (C=O) groups excluding carboxylic acids is 1. The summed E-state index contributed by atoms with van der Waals surface area (Å²) in [5, 5.41) is 2.77. The minimum Gasteiger partial charge on any atom is -0.340 e. The van der Waals surface area contributed by atoms with Crippen LogP contribution in [0.4, 0.5) is 17.2 Å². The number of para-hydroxylation sites is 1. The minimum absolute atomic E-state index is 0.0152. The van der Waals surface area contributed by atoms with E-state index in [-0.39, 0.29) is 5.91 Å². The summed E-state index contributed by atoms with van der Waals surface area (Å²) in [7, 11) is 0. The summed E-state index contributed by atoms with van der Waals surface area (Å²) in [5.41, 5.74) is 3.71. The van der Waals surface area contributed by atoms with E-state index in [0.29, 0.717) is 12.2 Å². The molecule has 2 aromatic rings. The highest BCUT2D eigenvalue weighted by molar-refractivity contribution is 5.89. The first kappa shape index (κ1) is 13.6. The van der Waals surface area contributed by atoms with Crippen molar-refractivity contribution < 1.29 is 4.79 Å². The number of amides is 1. The van der Waals surface area contributed by atoms with Crippen LogP contribution in [0.25, 0.3) is 0 Å². The first-order valence-electron chi connectivity index (χ1n) is 7.39. The van der Waals surface area contributed by atoms with Crippen molar-refractivity contribution in [2.75, 3.05) is 16.8 Å². The van der Waals surface area contributed by atoms with Crippen LogP contribution in [0.15, 0.2) is 42.6 Å². The Morgan fingerprint density at radius 3 is 2.90 bits per heavy atom. The van der Waals surface area contributed by atoms with Crippen LogP contribution >= 0.6 is 0 Å². The number of pyridine rings is 1. The summed E-state index contributed by atoms with van der Waals surface area (Å²) in [5.74, 6) is 0.592. The van der Waals surface area contributed by atoms with Gasteiger partial charge in [-0.15, -0.1) is 0 Å². The number of hydrogen-bond acceptors (Lipinski definition) is 3. The maximum Gasteiger partial charge on any atom is 0.225 e. The standard InChI is InChI=1S/C17H19N3O/c1-2-17(21)19-16-10-9-14(12-18-16)20-11-5-7-13-6-3-4-8-15(13)20/h3-4,6,8-10,12H,2,5,7,11H2,1H3,(H,18,19,21). The molecule has 0 radical (unpaired) electrons. The Balaban J connectivity index is 1.83. The number of fused-ring (bicyclic) bond motifs is 1. The molecule has 0 atom stereocenters. The first-order valence-corrected chi connectivity index (χ1v) is 7.39. The van der Waals surface area contributed by atoms with Gasteiger partial charge in [0.1, 0.15) is 5.82 Å². The molecule has 0 bridgehead atoms. The van der Waals surface area contributed by atoms with Gasteiger partial charge in [-0.25, -0.2) is 4.98 Å². The third-order valence-corrected chi connectivity index (χ3v) is 3.76. The Labute approximate surface area is 124 Å². The van der Waals surface area contributed by atoms with Crippen molar-refractivity contribution in [2.45, 2.75) is 26.2 Å². The molecule has 21 heavy (non-hydrogen) atoms. The summed E-state index contributed by atoms with van der Waals surface area (Å²) < 4.78 is 0. The molecule has 1 aliphatic rings. The number of aromatic nitrogens is 1. The Morgan fingerprint density at radius 1 is 1.29 bits per heavy atom. The molecule has 1 aliphatic heterocycles.